The molecule has 3 rings (SSSR count). The fraction of sp³-hybridized carbons (Fsp3) is 0.333. The van der Waals surface area contributed by atoms with E-state index in [9.17, 15) is 0 Å². The number of rotatable bonds is 4. The molecule has 0 heterocycles. The summed E-state index contributed by atoms with van der Waals surface area (Å²) in [5.74, 6) is 0.468. The summed E-state index contributed by atoms with van der Waals surface area (Å²) < 4.78 is 0.00269. The van der Waals surface area contributed by atoms with E-state index in [0.29, 0.717) is 5.92 Å². The zero-order valence-corrected chi connectivity index (χ0v) is 17.2. The molecule has 0 saturated heterocycles. The van der Waals surface area contributed by atoms with E-state index >= 15 is 0 Å². The van der Waals surface area contributed by atoms with Crippen molar-refractivity contribution in [1.29, 1.82) is 0 Å². The van der Waals surface area contributed by atoms with Crippen LogP contribution in [-0.4, -0.2) is 4.32 Å². The lowest BCUT2D eigenvalue weighted by Crippen LogP contribution is -2.38. The van der Waals surface area contributed by atoms with Crippen LogP contribution in [0.2, 0.25) is 0 Å². The molecular weight excluding hydrogens is 368 g/mol. The van der Waals surface area contributed by atoms with Gasteiger partial charge in [0.15, 0.2) is 0 Å². The number of hydrogen-bond acceptors (Lipinski definition) is 0. The van der Waals surface area contributed by atoms with Crippen molar-refractivity contribution < 1.29 is 0 Å². The Bertz CT molecular complexity index is 799. The first kappa shape index (κ1) is 18.2. The van der Waals surface area contributed by atoms with Gasteiger partial charge >= 0.3 is 0 Å². The van der Waals surface area contributed by atoms with E-state index in [1.165, 1.54) is 33.4 Å². The second kappa shape index (κ2) is 7.33. The molecule has 2 aromatic carbocycles. The molecule has 1 aliphatic carbocycles. The van der Waals surface area contributed by atoms with Crippen molar-refractivity contribution in [2.45, 2.75) is 44.9 Å². The number of halogens is 1. The molecule has 0 amide bonds. The second-order valence-corrected chi connectivity index (χ2v) is 8.74. The van der Waals surface area contributed by atoms with Gasteiger partial charge in [-0.05, 0) is 61.8 Å². The molecule has 2 atom stereocenters. The fourth-order valence-corrected chi connectivity index (χ4v) is 4.98. The van der Waals surface area contributed by atoms with Crippen molar-refractivity contribution >= 4 is 15.9 Å². The molecule has 0 bridgehead atoms. The standard InChI is InChI=1S/C24H27Br/c1-17-19(3)24(25,16-22-13-9-6-10-14-22)20(4)18(2)23(17)15-21-11-7-5-8-12-21/h5-14,19H,15-16H2,1-4H3. The molecular formula is C24H27Br. The molecule has 0 aromatic heterocycles. The van der Waals surface area contributed by atoms with Crippen LogP contribution in [-0.2, 0) is 12.8 Å². The Morgan fingerprint density at radius 1 is 0.840 bits per heavy atom. The summed E-state index contributed by atoms with van der Waals surface area (Å²) in [6, 6.07) is 21.6. The molecule has 1 aliphatic rings. The van der Waals surface area contributed by atoms with Crippen LogP contribution in [0.5, 0.6) is 0 Å². The minimum absolute atomic E-state index is 0.00269. The number of alkyl halides is 1. The van der Waals surface area contributed by atoms with Crippen LogP contribution < -0.4 is 0 Å². The van der Waals surface area contributed by atoms with Crippen LogP contribution >= 0.6 is 15.9 Å². The normalized spacial score (nSPS) is 24.0. The van der Waals surface area contributed by atoms with Gasteiger partial charge in [-0.2, -0.15) is 0 Å². The lowest BCUT2D eigenvalue weighted by atomic mass is 9.70. The van der Waals surface area contributed by atoms with Crippen molar-refractivity contribution in [1.82, 2.24) is 0 Å². The molecule has 0 N–H and O–H groups in total. The summed E-state index contributed by atoms with van der Waals surface area (Å²) in [6.07, 6.45) is 2.04. The first-order valence-electron chi connectivity index (χ1n) is 9.08. The van der Waals surface area contributed by atoms with Crippen molar-refractivity contribution in [3.05, 3.63) is 94.1 Å². The van der Waals surface area contributed by atoms with Gasteiger partial charge in [0.2, 0.25) is 0 Å². The van der Waals surface area contributed by atoms with Gasteiger partial charge in [0.1, 0.15) is 0 Å². The quantitative estimate of drug-likeness (QED) is 0.494. The minimum Gasteiger partial charge on any atom is -0.0795 e. The van der Waals surface area contributed by atoms with Crippen molar-refractivity contribution in [2.24, 2.45) is 5.92 Å². The first-order valence-corrected chi connectivity index (χ1v) is 9.87. The Labute approximate surface area is 160 Å². The van der Waals surface area contributed by atoms with Crippen LogP contribution in [0.1, 0.15) is 38.8 Å². The molecule has 0 radical (unpaired) electrons. The van der Waals surface area contributed by atoms with E-state index in [4.69, 9.17) is 0 Å². The van der Waals surface area contributed by atoms with E-state index in [1.807, 2.05) is 0 Å². The van der Waals surface area contributed by atoms with Gasteiger partial charge < -0.3 is 0 Å². The largest absolute Gasteiger partial charge is 0.0795 e. The third-order valence-corrected chi connectivity index (χ3v) is 7.54. The summed E-state index contributed by atoms with van der Waals surface area (Å²) in [4.78, 5) is 0. The summed E-state index contributed by atoms with van der Waals surface area (Å²) in [6.45, 7) is 9.29. The summed E-state index contributed by atoms with van der Waals surface area (Å²) in [5.41, 5.74) is 8.73. The van der Waals surface area contributed by atoms with E-state index in [0.717, 1.165) is 12.8 Å². The van der Waals surface area contributed by atoms with Gasteiger partial charge in [-0.3, -0.25) is 0 Å². The number of benzene rings is 2. The van der Waals surface area contributed by atoms with Gasteiger partial charge in [0, 0.05) is 0 Å². The van der Waals surface area contributed by atoms with Gasteiger partial charge in [-0.1, -0.05) is 94.7 Å². The zero-order chi connectivity index (χ0) is 18.0. The maximum atomic E-state index is 4.17. The predicted molar refractivity (Wildman–Crippen MR) is 112 cm³/mol. The molecule has 1 heteroatoms. The highest BCUT2D eigenvalue weighted by molar-refractivity contribution is 9.10. The number of hydrogen-bond donors (Lipinski definition) is 0. The maximum Gasteiger partial charge on any atom is 0.0571 e. The minimum atomic E-state index is 0.00269. The Morgan fingerprint density at radius 3 is 1.92 bits per heavy atom. The van der Waals surface area contributed by atoms with Gasteiger partial charge in [0.05, 0.1) is 4.32 Å². The third-order valence-electron chi connectivity index (χ3n) is 5.98. The summed E-state index contributed by atoms with van der Waals surface area (Å²) >= 11 is 4.17. The highest BCUT2D eigenvalue weighted by atomic mass is 79.9. The Hall–Kier alpha value is -1.60. The Morgan fingerprint density at radius 2 is 1.36 bits per heavy atom. The van der Waals surface area contributed by atoms with Crippen LogP contribution in [0, 0.1) is 5.92 Å². The molecule has 130 valence electrons. The summed E-state index contributed by atoms with van der Waals surface area (Å²) in [7, 11) is 0. The second-order valence-electron chi connectivity index (χ2n) is 7.32. The molecule has 25 heavy (non-hydrogen) atoms. The van der Waals surface area contributed by atoms with Crippen LogP contribution in [0.3, 0.4) is 0 Å². The average Bonchev–Trinajstić information content (AvgIpc) is 2.64. The van der Waals surface area contributed by atoms with Gasteiger partial charge in [-0.25, -0.2) is 0 Å². The lowest BCUT2D eigenvalue weighted by Gasteiger charge is -2.42. The number of allylic oxidation sites excluding steroid dienone is 4. The van der Waals surface area contributed by atoms with E-state index < -0.39 is 0 Å². The van der Waals surface area contributed by atoms with Crippen LogP contribution in [0.15, 0.2) is 83.0 Å². The van der Waals surface area contributed by atoms with Crippen LogP contribution in [0.4, 0.5) is 0 Å². The predicted octanol–water partition coefficient (Wildman–Crippen LogP) is 6.91. The van der Waals surface area contributed by atoms with Crippen LogP contribution in [0.25, 0.3) is 0 Å². The van der Waals surface area contributed by atoms with E-state index in [1.54, 1.807) is 0 Å². The average molecular weight is 395 g/mol. The molecule has 0 saturated carbocycles. The molecule has 2 aromatic rings. The maximum absolute atomic E-state index is 4.17. The fourth-order valence-electron chi connectivity index (χ4n) is 4.01. The first-order chi connectivity index (χ1) is 11.9. The van der Waals surface area contributed by atoms with Gasteiger partial charge in [0.25, 0.3) is 0 Å². The Balaban J connectivity index is 1.96. The smallest absolute Gasteiger partial charge is 0.0571 e. The highest BCUT2D eigenvalue weighted by Gasteiger charge is 2.41. The monoisotopic (exact) mass is 394 g/mol. The third kappa shape index (κ3) is 3.53. The van der Waals surface area contributed by atoms with Crippen molar-refractivity contribution in [3.8, 4) is 0 Å². The SMILES string of the molecule is CC1=C(C)C(Br)(Cc2ccccc2)C(C)C(C)=C1Cc1ccccc1. The van der Waals surface area contributed by atoms with E-state index in [-0.39, 0.29) is 4.32 Å². The molecule has 0 fully saturated rings. The Kier molecular flexibility index (Phi) is 5.34. The summed E-state index contributed by atoms with van der Waals surface area (Å²) in [5, 5.41) is 0. The van der Waals surface area contributed by atoms with Crippen molar-refractivity contribution in [3.63, 3.8) is 0 Å². The lowest BCUT2D eigenvalue weighted by molar-refractivity contribution is 0.499. The molecule has 0 spiro atoms. The van der Waals surface area contributed by atoms with Crippen molar-refractivity contribution in [2.75, 3.05) is 0 Å². The highest BCUT2D eigenvalue weighted by Crippen LogP contribution is 2.49. The topological polar surface area (TPSA) is 0 Å². The van der Waals surface area contributed by atoms with Gasteiger partial charge in [-0.15, -0.1) is 0 Å². The zero-order valence-electron chi connectivity index (χ0n) is 15.6. The molecule has 0 nitrogen and oxygen atoms in total. The molecule has 2 unspecified atom stereocenters. The van der Waals surface area contributed by atoms with E-state index in [2.05, 4.69) is 104 Å². The molecule has 0 aliphatic heterocycles.